The molecular weight excluding hydrogens is 420 g/mol. The van der Waals surface area contributed by atoms with Gasteiger partial charge in [-0.15, -0.1) is 22.0 Å². The monoisotopic (exact) mass is 438 g/mol. The molecule has 2 aliphatic heterocycles. The molecule has 1 unspecified atom stereocenters. The third-order valence-corrected chi connectivity index (χ3v) is 6.76. The van der Waals surface area contributed by atoms with Crippen LogP contribution in [-0.2, 0) is 19.2 Å². The van der Waals surface area contributed by atoms with Crippen molar-refractivity contribution in [2.24, 2.45) is 0 Å². The van der Waals surface area contributed by atoms with Gasteiger partial charge in [-0.25, -0.2) is 4.79 Å². The molecule has 13 heteroatoms. The molecule has 1 aromatic rings. The minimum absolute atomic E-state index is 0.134. The lowest BCUT2D eigenvalue weighted by Crippen LogP contribution is -2.70. The van der Waals surface area contributed by atoms with Gasteiger partial charge in [-0.2, -0.15) is 0 Å². The first-order valence-corrected chi connectivity index (χ1v) is 10.8. The van der Waals surface area contributed by atoms with Crippen LogP contribution in [-0.4, -0.2) is 73.6 Å². The largest absolute Gasteiger partial charge is 0.477 e. The Morgan fingerprint density at radius 3 is 2.69 bits per heavy atom. The van der Waals surface area contributed by atoms with Crippen LogP contribution in [0.4, 0.5) is 5.13 Å². The van der Waals surface area contributed by atoms with Gasteiger partial charge in [0.2, 0.25) is 16.9 Å². The molecule has 11 nitrogen and oxygen atoms in total. The molecule has 0 spiro atoms. The molecule has 0 aromatic carbocycles. The molecule has 29 heavy (non-hydrogen) atoms. The van der Waals surface area contributed by atoms with Gasteiger partial charge >= 0.3 is 5.97 Å². The Labute approximate surface area is 173 Å². The average molecular weight is 438 g/mol. The van der Waals surface area contributed by atoms with Crippen molar-refractivity contribution in [2.45, 2.75) is 37.2 Å². The van der Waals surface area contributed by atoms with E-state index in [1.807, 2.05) is 0 Å². The number of β-lactam (4-membered cyclic amide) rings is 1. The minimum Gasteiger partial charge on any atom is -0.477 e. The van der Waals surface area contributed by atoms with Crippen LogP contribution in [0.15, 0.2) is 5.70 Å². The summed E-state index contributed by atoms with van der Waals surface area (Å²) < 4.78 is 0. The van der Waals surface area contributed by atoms with E-state index in [1.54, 1.807) is 0 Å². The van der Waals surface area contributed by atoms with Crippen molar-refractivity contribution in [3.8, 4) is 0 Å². The van der Waals surface area contributed by atoms with Crippen molar-refractivity contribution in [1.29, 1.82) is 0 Å². The van der Waals surface area contributed by atoms with Crippen LogP contribution < -0.4 is 16.0 Å². The summed E-state index contributed by atoms with van der Waals surface area (Å²) in [5.41, 5.74) is 0.201. The zero-order valence-corrected chi connectivity index (χ0v) is 16.9. The lowest BCUT2D eigenvalue weighted by molar-refractivity contribution is -0.150. The summed E-state index contributed by atoms with van der Waals surface area (Å²) in [6.07, 6.45) is 2.10. The molecule has 0 radical (unpaired) electrons. The molecule has 3 amide bonds. The molecule has 0 bridgehead atoms. The van der Waals surface area contributed by atoms with Crippen LogP contribution in [0.3, 0.4) is 0 Å². The van der Waals surface area contributed by atoms with Crippen LogP contribution >= 0.6 is 23.1 Å². The molecule has 4 N–H and O–H groups in total. The Hall–Kier alpha value is -2.51. The number of carboxylic acid groups (broad SMARTS) is 1. The summed E-state index contributed by atoms with van der Waals surface area (Å²) >= 11 is 2.39. The lowest BCUT2D eigenvalue weighted by atomic mass is 10.0. The highest BCUT2D eigenvalue weighted by molar-refractivity contribution is 8.00. The van der Waals surface area contributed by atoms with Gasteiger partial charge < -0.3 is 21.1 Å². The number of nitrogens with zero attached hydrogens (tertiary/aromatic N) is 3. The number of rotatable bonds is 7. The van der Waals surface area contributed by atoms with E-state index in [0.717, 1.165) is 24.2 Å². The molecule has 1 aromatic heterocycles. The van der Waals surface area contributed by atoms with Crippen LogP contribution in [0.2, 0.25) is 0 Å². The molecular formula is C16H18N6O5S2. The van der Waals surface area contributed by atoms with E-state index >= 15 is 0 Å². The molecule has 2 fully saturated rings. The summed E-state index contributed by atoms with van der Waals surface area (Å²) in [5, 5.41) is 25.9. The number of nitrogens with one attached hydrogen (secondary N) is 3. The van der Waals surface area contributed by atoms with Crippen molar-refractivity contribution in [2.75, 3.05) is 17.6 Å². The molecule has 154 valence electrons. The van der Waals surface area contributed by atoms with Crippen LogP contribution in [0.1, 0.15) is 24.8 Å². The van der Waals surface area contributed by atoms with Crippen molar-refractivity contribution in [1.82, 2.24) is 25.7 Å². The molecule has 3 aliphatic rings. The normalized spacial score (nSPS) is 23.3. The fourth-order valence-electron chi connectivity index (χ4n) is 3.08. The van der Waals surface area contributed by atoms with E-state index in [9.17, 15) is 24.3 Å². The van der Waals surface area contributed by atoms with Crippen LogP contribution in [0.5, 0.6) is 0 Å². The van der Waals surface area contributed by atoms with Gasteiger partial charge in [-0.05, 0) is 12.8 Å². The predicted octanol–water partition coefficient (Wildman–Crippen LogP) is -0.556. The Morgan fingerprint density at radius 1 is 1.28 bits per heavy atom. The summed E-state index contributed by atoms with van der Waals surface area (Å²) in [6, 6.07) is -0.384. The van der Waals surface area contributed by atoms with Gasteiger partial charge in [0.15, 0.2) is 0 Å². The second-order valence-corrected chi connectivity index (χ2v) is 8.92. The van der Waals surface area contributed by atoms with Crippen LogP contribution in [0, 0.1) is 0 Å². The maximum Gasteiger partial charge on any atom is 0.353 e. The van der Waals surface area contributed by atoms with Gasteiger partial charge in [-0.1, -0.05) is 11.3 Å². The van der Waals surface area contributed by atoms with Crippen molar-refractivity contribution in [3.63, 3.8) is 0 Å². The van der Waals surface area contributed by atoms with E-state index in [4.69, 9.17) is 0 Å². The number of aliphatic carboxylic acids is 1. The molecule has 1 saturated heterocycles. The third-order valence-electron chi connectivity index (χ3n) is 4.58. The fraction of sp³-hybridized carbons (Fsp3) is 0.500. The van der Waals surface area contributed by atoms with E-state index in [1.165, 1.54) is 23.6 Å². The number of aromatic nitrogens is 2. The Balaban J connectivity index is 1.50. The second-order valence-electron chi connectivity index (χ2n) is 6.84. The van der Waals surface area contributed by atoms with E-state index < -0.39 is 23.3 Å². The molecule has 2 atom stereocenters. The number of carbonyl (C=O) groups is 4. The Kier molecular flexibility index (Phi) is 5.27. The number of thioether (sulfide) groups is 1. The van der Waals surface area contributed by atoms with Crippen LogP contribution in [0.25, 0.3) is 5.57 Å². The number of hydrogen-bond acceptors (Lipinski definition) is 9. The first-order valence-electron chi connectivity index (χ1n) is 8.90. The highest BCUT2D eigenvalue weighted by atomic mass is 32.2. The Morgan fingerprint density at radius 2 is 2.03 bits per heavy atom. The van der Waals surface area contributed by atoms with Crippen molar-refractivity contribution >= 4 is 57.5 Å². The SMILES string of the molecule is CC(=O)Nc1nnc(C2=C(C(=O)O)N3C(=O)C(NC(=O)CNC4CC4)[C@H]3SC2)s1. The molecule has 1 aliphatic carbocycles. The summed E-state index contributed by atoms with van der Waals surface area (Å²) in [6.45, 7) is 1.47. The number of fused-ring (bicyclic) bond motifs is 1. The zero-order valence-electron chi connectivity index (χ0n) is 15.3. The van der Waals surface area contributed by atoms with Gasteiger partial charge in [0.1, 0.15) is 22.1 Å². The maximum atomic E-state index is 12.6. The zero-order chi connectivity index (χ0) is 20.7. The Bertz CT molecular complexity index is 927. The third kappa shape index (κ3) is 3.97. The van der Waals surface area contributed by atoms with E-state index in [2.05, 4.69) is 26.1 Å². The quantitative estimate of drug-likeness (QED) is 0.410. The molecule has 4 rings (SSSR count). The molecule has 1 saturated carbocycles. The highest BCUT2D eigenvalue weighted by Crippen LogP contribution is 2.44. The van der Waals surface area contributed by atoms with Crippen molar-refractivity contribution < 1.29 is 24.3 Å². The number of anilines is 1. The number of hydrogen-bond donors (Lipinski definition) is 4. The average Bonchev–Trinajstić information content (AvgIpc) is 3.40. The number of amides is 3. The maximum absolute atomic E-state index is 12.6. The lowest BCUT2D eigenvalue weighted by Gasteiger charge is -2.49. The summed E-state index contributed by atoms with van der Waals surface area (Å²) in [5.74, 6) is -2.03. The van der Waals surface area contributed by atoms with E-state index in [-0.39, 0.29) is 34.9 Å². The fourth-order valence-corrected chi connectivity index (χ4v) is 5.35. The summed E-state index contributed by atoms with van der Waals surface area (Å²) in [4.78, 5) is 48.9. The summed E-state index contributed by atoms with van der Waals surface area (Å²) in [7, 11) is 0. The number of carbonyl (C=O) groups excluding carboxylic acids is 3. The second kappa shape index (κ2) is 7.72. The predicted molar refractivity (Wildman–Crippen MR) is 105 cm³/mol. The number of carboxylic acids is 1. The van der Waals surface area contributed by atoms with Crippen molar-refractivity contribution in [3.05, 3.63) is 10.7 Å². The first kappa shape index (κ1) is 19.8. The standard InChI is InChI=1S/C16H18N6O5S2/c1-6(23)18-16-21-20-12(29-16)8-5-28-14-10(13(25)22(14)11(8)15(26)27)19-9(24)4-17-7-2-3-7/h7,10,14,17H,2-5H2,1H3,(H,19,24)(H,26,27)(H,18,21,23)/t10?,14-/m1/s1. The van der Waals surface area contributed by atoms with Gasteiger partial charge in [0.25, 0.3) is 5.91 Å². The van der Waals surface area contributed by atoms with Gasteiger partial charge in [-0.3, -0.25) is 19.3 Å². The van der Waals surface area contributed by atoms with E-state index in [0.29, 0.717) is 16.6 Å². The van der Waals surface area contributed by atoms with Gasteiger partial charge in [0.05, 0.1) is 6.54 Å². The topological polar surface area (TPSA) is 154 Å². The van der Waals surface area contributed by atoms with Gasteiger partial charge in [0, 0.05) is 24.3 Å². The highest BCUT2D eigenvalue weighted by Gasteiger charge is 2.54. The molecule has 3 heterocycles. The minimum atomic E-state index is -1.25. The first-order chi connectivity index (χ1) is 13.8. The smallest absolute Gasteiger partial charge is 0.353 e.